The second kappa shape index (κ2) is 5.25. The molecule has 1 aliphatic rings. The van der Waals surface area contributed by atoms with Crippen LogP contribution in [0.5, 0.6) is 0 Å². The van der Waals surface area contributed by atoms with Crippen LogP contribution in [-0.2, 0) is 6.42 Å². The summed E-state index contributed by atoms with van der Waals surface area (Å²) < 4.78 is 0. The maximum Gasteiger partial charge on any atom is 0.129 e. The first-order valence-electron chi connectivity index (χ1n) is 6.08. The van der Waals surface area contributed by atoms with Gasteiger partial charge in [-0.25, -0.2) is 9.97 Å². The second-order valence-electron chi connectivity index (χ2n) is 4.62. The predicted octanol–water partition coefficient (Wildman–Crippen LogP) is 1.58. The molecule has 0 aliphatic heterocycles. The van der Waals surface area contributed by atoms with E-state index in [1.165, 1.54) is 0 Å². The van der Waals surface area contributed by atoms with E-state index >= 15 is 0 Å². The first-order valence-corrected chi connectivity index (χ1v) is 6.08. The molecule has 1 heterocycles. The average molecular weight is 220 g/mol. The summed E-state index contributed by atoms with van der Waals surface area (Å²) in [5.74, 6) is 1.67. The van der Waals surface area contributed by atoms with Gasteiger partial charge in [-0.05, 0) is 25.2 Å². The van der Waals surface area contributed by atoms with Crippen molar-refractivity contribution in [3.05, 3.63) is 18.1 Å². The molecule has 0 saturated heterocycles. The number of nitrogens with zero attached hydrogens (tertiary/aromatic N) is 2. The van der Waals surface area contributed by atoms with Gasteiger partial charge in [0.15, 0.2) is 0 Å². The third kappa shape index (κ3) is 2.92. The van der Waals surface area contributed by atoms with E-state index in [9.17, 15) is 0 Å². The summed E-state index contributed by atoms with van der Waals surface area (Å²) in [6.07, 6.45) is 6.05. The van der Waals surface area contributed by atoms with Gasteiger partial charge < -0.3 is 11.1 Å². The number of hydrogen-bond acceptors (Lipinski definition) is 4. The zero-order valence-corrected chi connectivity index (χ0v) is 9.82. The summed E-state index contributed by atoms with van der Waals surface area (Å²) in [6.45, 7) is 3.14. The molecule has 0 spiro atoms. The lowest BCUT2D eigenvalue weighted by molar-refractivity contribution is 0.280. The van der Waals surface area contributed by atoms with Crippen molar-refractivity contribution >= 4 is 5.82 Å². The second-order valence-corrected chi connectivity index (χ2v) is 4.62. The van der Waals surface area contributed by atoms with Gasteiger partial charge in [-0.2, -0.15) is 0 Å². The lowest BCUT2D eigenvalue weighted by Crippen LogP contribution is -2.39. The normalized spacial score (nSPS) is 23.9. The van der Waals surface area contributed by atoms with Crippen LogP contribution in [-0.4, -0.2) is 22.6 Å². The van der Waals surface area contributed by atoms with Crippen LogP contribution in [0.3, 0.4) is 0 Å². The largest absolute Gasteiger partial charge is 0.370 e. The van der Waals surface area contributed by atoms with E-state index in [0.717, 1.165) is 49.7 Å². The molecule has 0 amide bonds. The molecule has 88 valence electrons. The summed E-state index contributed by atoms with van der Waals surface area (Å²) in [7, 11) is 0. The highest BCUT2D eigenvalue weighted by molar-refractivity contribution is 5.34. The number of rotatable bonds is 5. The van der Waals surface area contributed by atoms with E-state index in [-0.39, 0.29) is 0 Å². The highest BCUT2D eigenvalue weighted by Gasteiger charge is 2.25. The van der Waals surface area contributed by atoms with Crippen molar-refractivity contribution in [3.8, 4) is 0 Å². The van der Waals surface area contributed by atoms with Crippen LogP contribution >= 0.6 is 0 Å². The van der Waals surface area contributed by atoms with Crippen molar-refractivity contribution in [2.45, 2.75) is 38.6 Å². The Morgan fingerprint density at radius 3 is 2.94 bits per heavy atom. The van der Waals surface area contributed by atoms with Gasteiger partial charge in [-0.15, -0.1) is 0 Å². The maximum atomic E-state index is 5.75. The minimum atomic E-state index is 0.424. The van der Waals surface area contributed by atoms with Crippen LogP contribution in [0.25, 0.3) is 0 Å². The Morgan fingerprint density at radius 2 is 2.25 bits per heavy atom. The van der Waals surface area contributed by atoms with Gasteiger partial charge in [0.05, 0.1) is 0 Å². The van der Waals surface area contributed by atoms with Gasteiger partial charge in [0.1, 0.15) is 12.1 Å². The highest BCUT2D eigenvalue weighted by atomic mass is 15.0. The lowest BCUT2D eigenvalue weighted by atomic mass is 9.81. The monoisotopic (exact) mass is 220 g/mol. The third-order valence-corrected chi connectivity index (χ3v) is 3.07. The average Bonchev–Trinajstić information content (AvgIpc) is 2.24. The van der Waals surface area contributed by atoms with Crippen molar-refractivity contribution < 1.29 is 0 Å². The molecule has 0 unspecified atom stereocenters. The van der Waals surface area contributed by atoms with Crippen LogP contribution in [0, 0.1) is 5.92 Å². The molecule has 0 bridgehead atoms. The fraction of sp³-hybridized carbons (Fsp3) is 0.667. The summed E-state index contributed by atoms with van der Waals surface area (Å²) in [6, 6.07) is 2.47. The Bertz CT molecular complexity index is 334. The van der Waals surface area contributed by atoms with Crippen LogP contribution in [0.4, 0.5) is 5.82 Å². The Labute approximate surface area is 96.7 Å². The standard InChI is InChI=1S/C12H20N4/c1-2-3-11-6-12(16-8-15-11)14-7-9-4-10(13)5-9/h6,8-10H,2-5,7,13H2,1H3,(H,14,15,16). The zero-order valence-electron chi connectivity index (χ0n) is 9.82. The van der Waals surface area contributed by atoms with Crippen LogP contribution in [0.1, 0.15) is 31.9 Å². The Kier molecular flexibility index (Phi) is 3.72. The van der Waals surface area contributed by atoms with Gasteiger partial charge in [-0.1, -0.05) is 13.3 Å². The fourth-order valence-electron chi connectivity index (χ4n) is 2.09. The van der Waals surface area contributed by atoms with E-state index in [1.54, 1.807) is 6.33 Å². The van der Waals surface area contributed by atoms with E-state index in [2.05, 4.69) is 22.2 Å². The van der Waals surface area contributed by atoms with Gasteiger partial charge in [0.25, 0.3) is 0 Å². The summed E-state index contributed by atoms with van der Waals surface area (Å²) in [5, 5.41) is 3.36. The lowest BCUT2D eigenvalue weighted by Gasteiger charge is -2.32. The van der Waals surface area contributed by atoms with Gasteiger partial charge >= 0.3 is 0 Å². The Balaban J connectivity index is 1.81. The smallest absolute Gasteiger partial charge is 0.129 e. The van der Waals surface area contributed by atoms with Crippen molar-refractivity contribution in [2.24, 2.45) is 11.7 Å². The Morgan fingerprint density at radius 1 is 1.44 bits per heavy atom. The topological polar surface area (TPSA) is 63.8 Å². The summed E-state index contributed by atoms with van der Waals surface area (Å²) in [4.78, 5) is 8.45. The SMILES string of the molecule is CCCc1cc(NCC2CC(N)C2)ncn1. The first-order chi connectivity index (χ1) is 7.78. The quantitative estimate of drug-likeness (QED) is 0.790. The molecular formula is C12H20N4. The molecule has 0 aromatic carbocycles. The molecule has 1 saturated carbocycles. The molecular weight excluding hydrogens is 200 g/mol. The van der Waals surface area contributed by atoms with Crippen molar-refractivity contribution in [1.29, 1.82) is 0 Å². The minimum Gasteiger partial charge on any atom is -0.370 e. The van der Waals surface area contributed by atoms with Gasteiger partial charge in [0.2, 0.25) is 0 Å². The fourth-order valence-corrected chi connectivity index (χ4v) is 2.09. The number of nitrogens with one attached hydrogen (secondary N) is 1. The summed E-state index contributed by atoms with van der Waals surface area (Å²) >= 11 is 0. The first kappa shape index (κ1) is 11.3. The molecule has 0 radical (unpaired) electrons. The molecule has 2 rings (SSSR count). The van der Waals surface area contributed by atoms with Crippen LogP contribution in [0.15, 0.2) is 12.4 Å². The highest BCUT2D eigenvalue weighted by Crippen LogP contribution is 2.25. The maximum absolute atomic E-state index is 5.75. The summed E-state index contributed by atoms with van der Waals surface area (Å²) in [5.41, 5.74) is 6.86. The molecule has 1 aromatic heterocycles. The van der Waals surface area contributed by atoms with Gasteiger partial charge in [0, 0.05) is 24.3 Å². The van der Waals surface area contributed by atoms with E-state index < -0.39 is 0 Å². The van der Waals surface area contributed by atoms with Crippen molar-refractivity contribution in [3.63, 3.8) is 0 Å². The predicted molar refractivity (Wildman–Crippen MR) is 65.2 cm³/mol. The number of nitrogens with two attached hydrogens (primary N) is 1. The Hall–Kier alpha value is -1.16. The number of aryl methyl sites for hydroxylation is 1. The molecule has 1 fully saturated rings. The molecule has 4 nitrogen and oxygen atoms in total. The molecule has 3 N–H and O–H groups in total. The number of anilines is 1. The third-order valence-electron chi connectivity index (χ3n) is 3.07. The zero-order chi connectivity index (χ0) is 11.4. The van der Waals surface area contributed by atoms with Crippen molar-refractivity contribution in [1.82, 2.24) is 9.97 Å². The number of hydrogen-bond donors (Lipinski definition) is 2. The molecule has 1 aliphatic carbocycles. The van der Waals surface area contributed by atoms with Crippen LogP contribution in [0.2, 0.25) is 0 Å². The minimum absolute atomic E-state index is 0.424. The molecule has 16 heavy (non-hydrogen) atoms. The van der Waals surface area contributed by atoms with Crippen molar-refractivity contribution in [2.75, 3.05) is 11.9 Å². The van der Waals surface area contributed by atoms with Crippen LogP contribution < -0.4 is 11.1 Å². The van der Waals surface area contributed by atoms with E-state index in [4.69, 9.17) is 5.73 Å². The van der Waals surface area contributed by atoms with E-state index in [0.29, 0.717) is 6.04 Å². The molecule has 0 atom stereocenters. The number of aromatic nitrogens is 2. The van der Waals surface area contributed by atoms with E-state index in [1.807, 2.05) is 6.07 Å². The molecule has 1 aromatic rings. The van der Waals surface area contributed by atoms with Gasteiger partial charge in [-0.3, -0.25) is 0 Å². The molecule has 4 heteroatoms.